The molecule has 1 unspecified atom stereocenters. The maximum Gasteiger partial charge on any atom is 0.128 e. The largest absolute Gasteiger partial charge is 0.457 e. The van der Waals surface area contributed by atoms with Gasteiger partial charge in [0.05, 0.1) is 0 Å². The van der Waals surface area contributed by atoms with E-state index < -0.39 is 0 Å². The summed E-state index contributed by atoms with van der Waals surface area (Å²) in [5.41, 5.74) is 2.20. The van der Waals surface area contributed by atoms with Gasteiger partial charge in [-0.3, -0.25) is 0 Å². The predicted octanol–water partition coefficient (Wildman–Crippen LogP) is 5.48. The van der Waals surface area contributed by atoms with E-state index in [2.05, 4.69) is 28.2 Å². The Morgan fingerprint density at radius 2 is 1.80 bits per heavy atom. The fourth-order valence-corrected chi connectivity index (χ4v) is 2.48. The van der Waals surface area contributed by atoms with E-state index in [0.29, 0.717) is 5.02 Å². The van der Waals surface area contributed by atoms with Gasteiger partial charge in [-0.25, -0.2) is 0 Å². The lowest BCUT2D eigenvalue weighted by molar-refractivity contribution is 0.481. The van der Waals surface area contributed by atoms with E-state index in [1.807, 2.05) is 50.4 Å². The van der Waals surface area contributed by atoms with Crippen LogP contribution in [0.2, 0.25) is 5.02 Å². The normalized spacial score (nSPS) is 12.2. The Labute approximate surface area is 133 Å². The molecule has 2 nitrogen and oxygen atoms in total. The summed E-state index contributed by atoms with van der Waals surface area (Å²) < 4.78 is 6.91. The van der Waals surface area contributed by atoms with Gasteiger partial charge in [0.25, 0.3) is 0 Å². The number of rotatable bonds is 4. The lowest BCUT2D eigenvalue weighted by atomic mass is 10.1. The Bertz CT molecular complexity index is 615. The molecule has 20 heavy (non-hydrogen) atoms. The first-order chi connectivity index (χ1) is 9.51. The SMILES string of the molecule is CNC(C)c1ccc(Oc2ccc(Br)c(C)c2)cc1Cl. The van der Waals surface area contributed by atoms with E-state index in [4.69, 9.17) is 16.3 Å². The first-order valence-electron chi connectivity index (χ1n) is 6.42. The van der Waals surface area contributed by atoms with Gasteiger partial charge in [0.1, 0.15) is 11.5 Å². The van der Waals surface area contributed by atoms with Crippen LogP contribution >= 0.6 is 27.5 Å². The molecule has 2 aromatic carbocycles. The van der Waals surface area contributed by atoms with Crippen LogP contribution in [0.5, 0.6) is 11.5 Å². The van der Waals surface area contributed by atoms with Crippen molar-refractivity contribution in [2.75, 3.05) is 7.05 Å². The molecule has 2 aromatic rings. The maximum absolute atomic E-state index is 6.30. The van der Waals surface area contributed by atoms with Crippen molar-refractivity contribution in [2.45, 2.75) is 19.9 Å². The molecule has 0 aliphatic rings. The quantitative estimate of drug-likeness (QED) is 0.784. The highest BCUT2D eigenvalue weighted by Gasteiger charge is 2.09. The fraction of sp³-hybridized carbons (Fsp3) is 0.250. The summed E-state index contributed by atoms with van der Waals surface area (Å²) in [7, 11) is 1.91. The first kappa shape index (κ1) is 15.4. The molecule has 0 saturated carbocycles. The number of halogens is 2. The van der Waals surface area contributed by atoms with Crippen LogP contribution < -0.4 is 10.1 Å². The van der Waals surface area contributed by atoms with E-state index in [1.165, 1.54) is 0 Å². The zero-order valence-electron chi connectivity index (χ0n) is 11.7. The molecule has 1 atom stereocenters. The van der Waals surface area contributed by atoms with Gasteiger partial charge < -0.3 is 10.1 Å². The molecule has 0 heterocycles. The van der Waals surface area contributed by atoms with Gasteiger partial charge in [0, 0.05) is 15.5 Å². The van der Waals surface area contributed by atoms with Crippen molar-refractivity contribution >= 4 is 27.5 Å². The molecule has 0 aliphatic carbocycles. The molecule has 0 fully saturated rings. The summed E-state index contributed by atoms with van der Waals surface area (Å²) in [4.78, 5) is 0. The average Bonchev–Trinajstić information content (AvgIpc) is 2.42. The summed E-state index contributed by atoms with van der Waals surface area (Å²) in [6.07, 6.45) is 0. The molecule has 106 valence electrons. The summed E-state index contributed by atoms with van der Waals surface area (Å²) in [6, 6.07) is 11.9. The summed E-state index contributed by atoms with van der Waals surface area (Å²) in [6.45, 7) is 4.10. The standard InChI is InChI=1S/C16H17BrClNO/c1-10-8-12(5-7-15(10)17)20-13-4-6-14(11(2)19-3)16(18)9-13/h4-9,11,19H,1-3H3. The minimum absolute atomic E-state index is 0.214. The van der Waals surface area contributed by atoms with E-state index in [0.717, 1.165) is 27.1 Å². The number of hydrogen-bond acceptors (Lipinski definition) is 2. The van der Waals surface area contributed by atoms with Gasteiger partial charge in [-0.15, -0.1) is 0 Å². The van der Waals surface area contributed by atoms with Crippen LogP contribution in [0.4, 0.5) is 0 Å². The van der Waals surface area contributed by atoms with Crippen molar-refractivity contribution in [3.63, 3.8) is 0 Å². The van der Waals surface area contributed by atoms with Gasteiger partial charge in [-0.05, 0) is 62.4 Å². The Hall–Kier alpha value is -1.03. The van der Waals surface area contributed by atoms with Crippen LogP contribution in [-0.2, 0) is 0 Å². The Balaban J connectivity index is 2.22. The van der Waals surface area contributed by atoms with Crippen LogP contribution in [0.1, 0.15) is 24.1 Å². The number of hydrogen-bond donors (Lipinski definition) is 1. The highest BCUT2D eigenvalue weighted by Crippen LogP contribution is 2.31. The summed E-state index contributed by atoms with van der Waals surface area (Å²) in [5.74, 6) is 1.54. The van der Waals surface area contributed by atoms with Crippen LogP contribution in [0.3, 0.4) is 0 Å². The van der Waals surface area contributed by atoms with E-state index in [-0.39, 0.29) is 6.04 Å². The van der Waals surface area contributed by atoms with Gasteiger partial charge in [0.15, 0.2) is 0 Å². The molecule has 2 rings (SSSR count). The second kappa shape index (κ2) is 6.61. The highest BCUT2D eigenvalue weighted by molar-refractivity contribution is 9.10. The van der Waals surface area contributed by atoms with Crippen molar-refractivity contribution in [3.05, 3.63) is 57.0 Å². The summed E-state index contributed by atoms with van der Waals surface area (Å²) >= 11 is 9.77. The lowest BCUT2D eigenvalue weighted by Crippen LogP contribution is -2.12. The molecule has 0 radical (unpaired) electrons. The monoisotopic (exact) mass is 353 g/mol. The van der Waals surface area contributed by atoms with Crippen molar-refractivity contribution in [1.82, 2.24) is 5.32 Å². The third-order valence-corrected chi connectivity index (χ3v) is 4.45. The molecular formula is C16H17BrClNO. The first-order valence-corrected chi connectivity index (χ1v) is 7.59. The van der Waals surface area contributed by atoms with Gasteiger partial charge in [-0.1, -0.05) is 33.6 Å². The predicted molar refractivity (Wildman–Crippen MR) is 87.9 cm³/mol. The number of aryl methyl sites for hydroxylation is 1. The molecule has 1 N–H and O–H groups in total. The van der Waals surface area contributed by atoms with Gasteiger partial charge in [-0.2, -0.15) is 0 Å². The lowest BCUT2D eigenvalue weighted by Gasteiger charge is -2.14. The van der Waals surface area contributed by atoms with Crippen molar-refractivity contribution in [1.29, 1.82) is 0 Å². The number of nitrogens with one attached hydrogen (secondary N) is 1. The van der Waals surface area contributed by atoms with Crippen molar-refractivity contribution in [2.24, 2.45) is 0 Å². The maximum atomic E-state index is 6.30. The fourth-order valence-electron chi connectivity index (χ4n) is 1.89. The van der Waals surface area contributed by atoms with Crippen LogP contribution in [0.25, 0.3) is 0 Å². The zero-order chi connectivity index (χ0) is 14.7. The third kappa shape index (κ3) is 3.54. The molecule has 0 aromatic heterocycles. The molecule has 0 saturated heterocycles. The second-order valence-electron chi connectivity index (χ2n) is 4.71. The molecule has 0 amide bonds. The van der Waals surface area contributed by atoms with Crippen molar-refractivity contribution in [3.8, 4) is 11.5 Å². The van der Waals surface area contributed by atoms with Gasteiger partial charge in [0.2, 0.25) is 0 Å². The molecular weight excluding hydrogens is 338 g/mol. The number of benzene rings is 2. The Morgan fingerprint density at radius 3 is 2.40 bits per heavy atom. The molecule has 4 heteroatoms. The van der Waals surface area contributed by atoms with Crippen LogP contribution in [0.15, 0.2) is 40.9 Å². The van der Waals surface area contributed by atoms with Crippen LogP contribution in [0, 0.1) is 6.92 Å². The second-order valence-corrected chi connectivity index (χ2v) is 5.97. The van der Waals surface area contributed by atoms with Crippen LogP contribution in [-0.4, -0.2) is 7.05 Å². The minimum atomic E-state index is 0.214. The minimum Gasteiger partial charge on any atom is -0.457 e. The molecule has 0 bridgehead atoms. The highest BCUT2D eigenvalue weighted by atomic mass is 79.9. The topological polar surface area (TPSA) is 21.3 Å². The Kier molecular flexibility index (Phi) is 5.08. The molecule has 0 spiro atoms. The van der Waals surface area contributed by atoms with E-state index >= 15 is 0 Å². The average molecular weight is 355 g/mol. The van der Waals surface area contributed by atoms with E-state index in [1.54, 1.807) is 0 Å². The zero-order valence-corrected chi connectivity index (χ0v) is 14.0. The smallest absolute Gasteiger partial charge is 0.128 e. The summed E-state index contributed by atoms with van der Waals surface area (Å²) in [5, 5.41) is 3.88. The van der Waals surface area contributed by atoms with E-state index in [9.17, 15) is 0 Å². The molecule has 0 aliphatic heterocycles. The van der Waals surface area contributed by atoms with Gasteiger partial charge >= 0.3 is 0 Å². The Morgan fingerprint density at radius 1 is 1.15 bits per heavy atom. The van der Waals surface area contributed by atoms with Crippen molar-refractivity contribution < 1.29 is 4.74 Å². The third-order valence-electron chi connectivity index (χ3n) is 3.24. The number of ether oxygens (including phenoxy) is 1.